The number of aliphatic hydroxyl groups is 1. The maximum absolute atomic E-state index is 13.8. The molecule has 2 aromatic rings. The Morgan fingerprint density at radius 1 is 1.35 bits per heavy atom. The summed E-state index contributed by atoms with van der Waals surface area (Å²) < 4.78 is 13.8. The largest absolute Gasteiger partial charge is 0.387 e. The van der Waals surface area contributed by atoms with Gasteiger partial charge in [-0.25, -0.2) is 4.39 Å². The van der Waals surface area contributed by atoms with Crippen molar-refractivity contribution in [2.45, 2.75) is 37.7 Å². The number of pyridine rings is 1. The first-order valence-electron chi connectivity index (χ1n) is 7.66. The average molecular weight is 334 g/mol. The Hall–Kier alpha value is -1.78. The third-order valence-electron chi connectivity index (χ3n) is 4.34. The lowest BCUT2D eigenvalue weighted by atomic mass is 9.80. The van der Waals surface area contributed by atoms with Gasteiger partial charge in [0.1, 0.15) is 11.6 Å². The molecule has 0 radical (unpaired) electrons. The zero-order valence-corrected chi connectivity index (χ0v) is 13.3. The number of ketones is 1. The third-order valence-corrected chi connectivity index (χ3v) is 4.57. The Morgan fingerprint density at radius 3 is 2.96 bits per heavy atom. The van der Waals surface area contributed by atoms with Crippen LogP contribution in [0.5, 0.6) is 0 Å². The van der Waals surface area contributed by atoms with Gasteiger partial charge in [0.05, 0.1) is 11.8 Å². The fourth-order valence-electron chi connectivity index (χ4n) is 3.11. The molecule has 0 spiro atoms. The number of rotatable bonds is 4. The van der Waals surface area contributed by atoms with Gasteiger partial charge in [-0.2, -0.15) is 0 Å². The smallest absolute Gasteiger partial charge is 0.140 e. The summed E-state index contributed by atoms with van der Waals surface area (Å²) in [6.45, 7) is 0. The van der Waals surface area contributed by atoms with Crippen LogP contribution >= 0.6 is 11.6 Å². The summed E-state index contributed by atoms with van der Waals surface area (Å²) in [5.41, 5.74) is 1.88. The predicted molar refractivity (Wildman–Crippen MR) is 85.9 cm³/mol. The summed E-state index contributed by atoms with van der Waals surface area (Å²) in [6.07, 6.45) is 2.74. The molecular formula is C18H17ClFNO2. The molecule has 23 heavy (non-hydrogen) atoms. The van der Waals surface area contributed by atoms with Crippen LogP contribution in [0.3, 0.4) is 0 Å². The van der Waals surface area contributed by atoms with Crippen molar-refractivity contribution in [3.05, 3.63) is 64.2 Å². The predicted octanol–water partition coefficient (Wildman–Crippen LogP) is 3.99. The molecule has 1 heterocycles. The number of halogens is 2. The maximum Gasteiger partial charge on any atom is 0.140 e. The average Bonchev–Trinajstić information content (AvgIpc) is 2.54. The van der Waals surface area contributed by atoms with E-state index in [1.165, 1.54) is 6.07 Å². The number of fused-ring (bicyclic) bond motifs is 1. The number of benzene rings is 1. The normalized spacial score (nSPS) is 20.1. The van der Waals surface area contributed by atoms with E-state index < -0.39 is 6.10 Å². The number of aryl methyl sites for hydroxylation is 1. The first-order valence-corrected chi connectivity index (χ1v) is 8.03. The van der Waals surface area contributed by atoms with Crippen LogP contribution in [0.1, 0.15) is 48.1 Å². The van der Waals surface area contributed by atoms with E-state index in [4.69, 9.17) is 11.6 Å². The van der Waals surface area contributed by atoms with E-state index in [2.05, 4.69) is 4.98 Å². The third kappa shape index (κ3) is 3.43. The van der Waals surface area contributed by atoms with Crippen molar-refractivity contribution in [2.24, 2.45) is 0 Å². The highest BCUT2D eigenvalue weighted by molar-refractivity contribution is 6.30. The van der Waals surface area contributed by atoms with Crippen molar-refractivity contribution in [2.75, 3.05) is 0 Å². The van der Waals surface area contributed by atoms with Gasteiger partial charge in [-0.3, -0.25) is 9.78 Å². The lowest BCUT2D eigenvalue weighted by molar-refractivity contribution is -0.121. The van der Waals surface area contributed by atoms with Gasteiger partial charge in [0.15, 0.2) is 0 Å². The second kappa shape index (κ2) is 6.77. The number of nitrogens with zero attached hydrogens (tertiary/aromatic N) is 1. The van der Waals surface area contributed by atoms with Gasteiger partial charge in [-0.15, -0.1) is 0 Å². The second-order valence-electron chi connectivity index (χ2n) is 5.83. The molecule has 1 N–H and O–H groups in total. The first-order chi connectivity index (χ1) is 11.1. The molecule has 3 rings (SSSR count). The van der Waals surface area contributed by atoms with Gasteiger partial charge in [0, 0.05) is 23.6 Å². The molecule has 0 bridgehead atoms. The minimum atomic E-state index is -0.607. The summed E-state index contributed by atoms with van der Waals surface area (Å²) >= 11 is 5.73. The molecule has 1 aromatic heterocycles. The van der Waals surface area contributed by atoms with Crippen molar-refractivity contribution in [1.29, 1.82) is 0 Å². The summed E-state index contributed by atoms with van der Waals surface area (Å²) in [4.78, 5) is 16.8. The van der Waals surface area contributed by atoms with Crippen molar-refractivity contribution in [3.8, 4) is 0 Å². The lowest BCUT2D eigenvalue weighted by Gasteiger charge is -2.27. The monoisotopic (exact) mass is 333 g/mol. The molecule has 0 fully saturated rings. The molecule has 2 atom stereocenters. The van der Waals surface area contributed by atoms with Gasteiger partial charge < -0.3 is 5.11 Å². The van der Waals surface area contributed by atoms with E-state index in [1.54, 1.807) is 24.4 Å². The number of hydrogen-bond acceptors (Lipinski definition) is 3. The quantitative estimate of drug-likeness (QED) is 0.920. The Kier molecular flexibility index (Phi) is 4.74. The lowest BCUT2D eigenvalue weighted by Crippen LogP contribution is -2.22. The van der Waals surface area contributed by atoms with E-state index in [9.17, 15) is 14.3 Å². The van der Waals surface area contributed by atoms with Crippen molar-refractivity contribution in [3.63, 3.8) is 0 Å². The fraction of sp³-hybridized carbons (Fsp3) is 0.333. The number of aromatic nitrogens is 1. The van der Waals surface area contributed by atoms with Crippen LogP contribution < -0.4 is 0 Å². The van der Waals surface area contributed by atoms with Crippen molar-refractivity contribution in [1.82, 2.24) is 4.98 Å². The molecule has 3 nitrogen and oxygen atoms in total. The SMILES string of the molecule is O=C(CCc1ccc(Cl)cc1F)[C@H]1CC[C@H](O)c2ncccc21. The number of carbonyl (C=O) groups is 1. The van der Waals surface area contributed by atoms with Gasteiger partial charge >= 0.3 is 0 Å². The molecule has 5 heteroatoms. The Labute approximate surface area is 139 Å². The van der Waals surface area contributed by atoms with E-state index in [1.807, 2.05) is 6.07 Å². The van der Waals surface area contributed by atoms with Gasteiger partial charge in [0.2, 0.25) is 0 Å². The highest BCUT2D eigenvalue weighted by atomic mass is 35.5. The van der Waals surface area contributed by atoms with E-state index >= 15 is 0 Å². The van der Waals surface area contributed by atoms with Crippen LogP contribution in [0, 0.1) is 5.82 Å². The minimum Gasteiger partial charge on any atom is -0.387 e. The summed E-state index contributed by atoms with van der Waals surface area (Å²) in [6, 6.07) is 8.12. The van der Waals surface area contributed by atoms with Crippen LogP contribution in [0.25, 0.3) is 0 Å². The van der Waals surface area contributed by atoms with E-state index in [-0.39, 0.29) is 23.9 Å². The molecule has 1 aromatic carbocycles. The van der Waals surface area contributed by atoms with Crippen LogP contribution in [0.15, 0.2) is 36.5 Å². The van der Waals surface area contributed by atoms with Crippen molar-refractivity contribution >= 4 is 17.4 Å². The highest BCUT2D eigenvalue weighted by Crippen LogP contribution is 2.37. The molecular weight excluding hydrogens is 317 g/mol. The second-order valence-corrected chi connectivity index (χ2v) is 6.26. The van der Waals surface area contributed by atoms with E-state index in [0.29, 0.717) is 35.5 Å². The molecule has 0 saturated carbocycles. The topological polar surface area (TPSA) is 50.2 Å². The highest BCUT2D eigenvalue weighted by Gasteiger charge is 2.31. The minimum absolute atomic E-state index is 0.0560. The molecule has 1 aliphatic carbocycles. The standard InChI is InChI=1S/C18H17ClFNO2/c19-12-5-3-11(15(20)10-12)4-7-16(22)13-6-8-17(23)18-14(13)2-1-9-21-18/h1-3,5,9-10,13,17,23H,4,6-8H2/t13-,17-/m0/s1. The number of carbonyl (C=O) groups excluding carboxylic acids is 1. The number of aliphatic hydroxyl groups excluding tert-OH is 1. The van der Waals surface area contributed by atoms with Crippen LogP contribution in [0.2, 0.25) is 5.02 Å². The van der Waals surface area contributed by atoms with Crippen LogP contribution in [0.4, 0.5) is 4.39 Å². The van der Waals surface area contributed by atoms with Gasteiger partial charge in [-0.05, 0) is 48.6 Å². The zero-order chi connectivity index (χ0) is 16.4. The van der Waals surface area contributed by atoms with Gasteiger partial charge in [-0.1, -0.05) is 23.7 Å². The number of hydrogen-bond donors (Lipinski definition) is 1. The van der Waals surface area contributed by atoms with Gasteiger partial charge in [0.25, 0.3) is 0 Å². The fourth-order valence-corrected chi connectivity index (χ4v) is 3.27. The summed E-state index contributed by atoms with van der Waals surface area (Å²) in [5.74, 6) is -0.593. The molecule has 0 saturated heterocycles. The molecule has 0 aliphatic heterocycles. The molecule has 0 unspecified atom stereocenters. The summed E-state index contributed by atoms with van der Waals surface area (Å²) in [7, 11) is 0. The molecule has 120 valence electrons. The Bertz CT molecular complexity index is 735. The molecule has 1 aliphatic rings. The van der Waals surface area contributed by atoms with E-state index in [0.717, 1.165) is 5.56 Å². The van der Waals surface area contributed by atoms with Crippen molar-refractivity contribution < 1.29 is 14.3 Å². The molecule has 0 amide bonds. The first kappa shape index (κ1) is 16.1. The number of Topliss-reactive ketones (excluding diaryl/α,β-unsaturated/α-hetero) is 1. The maximum atomic E-state index is 13.8. The Morgan fingerprint density at radius 2 is 2.17 bits per heavy atom. The Balaban J connectivity index is 1.73. The summed E-state index contributed by atoms with van der Waals surface area (Å²) in [5, 5.41) is 10.3. The van der Waals surface area contributed by atoms with Crippen LogP contribution in [-0.2, 0) is 11.2 Å². The zero-order valence-electron chi connectivity index (χ0n) is 12.5. The van der Waals surface area contributed by atoms with Crippen LogP contribution in [-0.4, -0.2) is 15.9 Å².